The summed E-state index contributed by atoms with van der Waals surface area (Å²) < 4.78 is 0. The van der Waals surface area contributed by atoms with Crippen LogP contribution in [-0.2, 0) is 6.54 Å². The quantitative estimate of drug-likeness (QED) is 0.838. The van der Waals surface area contributed by atoms with Crippen LogP contribution in [0.15, 0.2) is 30.3 Å². The molecule has 2 amide bonds. The number of amides is 2. The van der Waals surface area contributed by atoms with E-state index in [9.17, 15) is 4.79 Å². The molecule has 0 aliphatic carbocycles. The minimum Gasteiger partial charge on any atom is -0.334 e. The van der Waals surface area contributed by atoms with Crippen LogP contribution in [0.5, 0.6) is 0 Å². The molecule has 0 atom stereocenters. The van der Waals surface area contributed by atoms with Crippen molar-refractivity contribution in [3.8, 4) is 0 Å². The monoisotopic (exact) mass is 276 g/mol. The SMILES string of the molecule is NCCCN1CCN(C(=O)NCc2ccccc2)CC1. The summed E-state index contributed by atoms with van der Waals surface area (Å²) in [5.41, 5.74) is 6.64. The number of nitrogens with zero attached hydrogens (tertiary/aromatic N) is 2. The van der Waals surface area contributed by atoms with E-state index in [1.165, 1.54) is 0 Å². The highest BCUT2D eigenvalue weighted by Gasteiger charge is 2.20. The summed E-state index contributed by atoms with van der Waals surface area (Å²) in [6.45, 7) is 5.84. The lowest BCUT2D eigenvalue weighted by molar-refractivity contribution is 0.138. The maximum absolute atomic E-state index is 12.1. The fraction of sp³-hybridized carbons (Fsp3) is 0.533. The first-order valence-electron chi connectivity index (χ1n) is 7.28. The van der Waals surface area contributed by atoms with Crippen LogP contribution in [0.25, 0.3) is 0 Å². The van der Waals surface area contributed by atoms with Crippen LogP contribution in [0.3, 0.4) is 0 Å². The minimum absolute atomic E-state index is 0.0346. The van der Waals surface area contributed by atoms with Gasteiger partial charge >= 0.3 is 6.03 Å². The number of nitrogens with two attached hydrogens (primary N) is 1. The Morgan fingerprint density at radius 1 is 1.15 bits per heavy atom. The maximum atomic E-state index is 12.1. The van der Waals surface area contributed by atoms with Crippen molar-refractivity contribution in [3.63, 3.8) is 0 Å². The third-order valence-electron chi connectivity index (χ3n) is 3.62. The van der Waals surface area contributed by atoms with Gasteiger partial charge in [0.25, 0.3) is 0 Å². The highest BCUT2D eigenvalue weighted by molar-refractivity contribution is 5.74. The molecule has 1 aromatic rings. The molecule has 1 aliphatic rings. The van der Waals surface area contributed by atoms with Gasteiger partial charge in [0.2, 0.25) is 0 Å². The van der Waals surface area contributed by atoms with E-state index in [2.05, 4.69) is 10.2 Å². The zero-order valence-electron chi connectivity index (χ0n) is 11.9. The highest BCUT2D eigenvalue weighted by Crippen LogP contribution is 2.03. The largest absolute Gasteiger partial charge is 0.334 e. The van der Waals surface area contributed by atoms with Gasteiger partial charge in [0.1, 0.15) is 0 Å². The molecule has 0 bridgehead atoms. The third kappa shape index (κ3) is 4.51. The Morgan fingerprint density at radius 2 is 1.85 bits per heavy atom. The van der Waals surface area contributed by atoms with Crippen LogP contribution in [-0.4, -0.2) is 55.1 Å². The predicted octanol–water partition coefficient (Wildman–Crippen LogP) is 0.863. The number of piperazine rings is 1. The van der Waals surface area contributed by atoms with Crippen LogP contribution < -0.4 is 11.1 Å². The predicted molar refractivity (Wildman–Crippen MR) is 80.4 cm³/mol. The van der Waals surface area contributed by atoms with Crippen molar-refractivity contribution in [2.45, 2.75) is 13.0 Å². The maximum Gasteiger partial charge on any atom is 0.317 e. The van der Waals surface area contributed by atoms with Gasteiger partial charge in [-0.1, -0.05) is 30.3 Å². The Hall–Kier alpha value is -1.59. The normalized spacial score (nSPS) is 16.1. The second-order valence-electron chi connectivity index (χ2n) is 5.12. The first-order valence-corrected chi connectivity index (χ1v) is 7.28. The van der Waals surface area contributed by atoms with Crippen LogP contribution in [0.2, 0.25) is 0 Å². The van der Waals surface area contributed by atoms with Crippen LogP contribution in [0.4, 0.5) is 4.79 Å². The van der Waals surface area contributed by atoms with Crippen molar-refractivity contribution in [3.05, 3.63) is 35.9 Å². The molecule has 110 valence electrons. The number of carbonyl (C=O) groups excluding carboxylic acids is 1. The Kier molecular flexibility index (Phi) is 5.83. The van der Waals surface area contributed by atoms with E-state index in [0.29, 0.717) is 6.54 Å². The third-order valence-corrected chi connectivity index (χ3v) is 3.62. The molecule has 5 heteroatoms. The summed E-state index contributed by atoms with van der Waals surface area (Å²) in [4.78, 5) is 16.3. The molecular weight excluding hydrogens is 252 g/mol. The van der Waals surface area contributed by atoms with Crippen LogP contribution in [0, 0.1) is 0 Å². The Labute approximate surface area is 120 Å². The van der Waals surface area contributed by atoms with E-state index < -0.39 is 0 Å². The van der Waals surface area contributed by atoms with Gasteiger partial charge in [-0.15, -0.1) is 0 Å². The van der Waals surface area contributed by atoms with Gasteiger partial charge in [-0.25, -0.2) is 4.79 Å². The highest BCUT2D eigenvalue weighted by atomic mass is 16.2. The van der Waals surface area contributed by atoms with Crippen molar-refractivity contribution in [1.29, 1.82) is 0 Å². The summed E-state index contributed by atoms with van der Waals surface area (Å²) in [7, 11) is 0. The van der Waals surface area contributed by atoms with E-state index in [4.69, 9.17) is 5.73 Å². The standard InChI is InChI=1S/C15H24N4O/c16-7-4-8-18-9-11-19(12-10-18)15(20)17-13-14-5-2-1-3-6-14/h1-3,5-6H,4,7-13,16H2,(H,17,20). The van der Waals surface area contributed by atoms with E-state index in [1.807, 2.05) is 35.2 Å². The molecule has 1 fully saturated rings. The van der Waals surface area contributed by atoms with Crippen molar-refractivity contribution < 1.29 is 4.79 Å². The van der Waals surface area contributed by atoms with Gasteiger partial charge in [-0.2, -0.15) is 0 Å². The van der Waals surface area contributed by atoms with E-state index in [-0.39, 0.29) is 6.03 Å². The number of hydrogen-bond donors (Lipinski definition) is 2. The van der Waals surface area contributed by atoms with E-state index >= 15 is 0 Å². The second kappa shape index (κ2) is 7.87. The smallest absolute Gasteiger partial charge is 0.317 e. The molecule has 5 nitrogen and oxygen atoms in total. The molecule has 2 rings (SSSR count). The zero-order chi connectivity index (χ0) is 14.2. The number of carbonyl (C=O) groups is 1. The zero-order valence-corrected chi connectivity index (χ0v) is 11.9. The summed E-state index contributed by atoms with van der Waals surface area (Å²) in [5.74, 6) is 0. The fourth-order valence-corrected chi connectivity index (χ4v) is 2.37. The number of rotatable bonds is 5. The first-order chi connectivity index (χ1) is 9.79. The topological polar surface area (TPSA) is 61.6 Å². The van der Waals surface area contributed by atoms with Crippen LogP contribution in [0.1, 0.15) is 12.0 Å². The lowest BCUT2D eigenvalue weighted by atomic mass is 10.2. The average molecular weight is 276 g/mol. The van der Waals surface area contributed by atoms with Gasteiger partial charge in [0, 0.05) is 32.7 Å². The molecule has 1 aliphatic heterocycles. The molecule has 0 saturated carbocycles. The van der Waals surface area contributed by atoms with Gasteiger partial charge in [0.15, 0.2) is 0 Å². The van der Waals surface area contributed by atoms with Crippen molar-refractivity contribution in [2.24, 2.45) is 5.73 Å². The Balaban J connectivity index is 1.69. The first kappa shape index (κ1) is 14.8. The van der Waals surface area contributed by atoms with E-state index in [0.717, 1.165) is 51.3 Å². The number of hydrogen-bond acceptors (Lipinski definition) is 3. The second-order valence-corrected chi connectivity index (χ2v) is 5.12. The van der Waals surface area contributed by atoms with Crippen molar-refractivity contribution in [1.82, 2.24) is 15.1 Å². The average Bonchev–Trinajstić information content (AvgIpc) is 2.52. The summed E-state index contributed by atoms with van der Waals surface area (Å²) >= 11 is 0. The lowest BCUT2D eigenvalue weighted by Crippen LogP contribution is -2.51. The number of urea groups is 1. The van der Waals surface area contributed by atoms with Crippen molar-refractivity contribution in [2.75, 3.05) is 39.3 Å². The van der Waals surface area contributed by atoms with Crippen molar-refractivity contribution >= 4 is 6.03 Å². The molecule has 3 N–H and O–H groups in total. The number of benzene rings is 1. The summed E-state index contributed by atoms with van der Waals surface area (Å²) in [6, 6.07) is 10.0. The molecule has 0 spiro atoms. The molecule has 0 radical (unpaired) electrons. The Morgan fingerprint density at radius 3 is 2.50 bits per heavy atom. The van der Waals surface area contributed by atoms with Crippen LogP contribution >= 0.6 is 0 Å². The molecule has 1 aromatic carbocycles. The van der Waals surface area contributed by atoms with Gasteiger partial charge in [-0.05, 0) is 25.1 Å². The van der Waals surface area contributed by atoms with Gasteiger partial charge in [-0.3, -0.25) is 4.90 Å². The lowest BCUT2D eigenvalue weighted by Gasteiger charge is -2.34. The molecule has 0 aromatic heterocycles. The molecule has 0 unspecified atom stereocenters. The molecule has 1 saturated heterocycles. The summed E-state index contributed by atoms with van der Waals surface area (Å²) in [6.07, 6.45) is 1.03. The van der Waals surface area contributed by atoms with Gasteiger partial charge in [0.05, 0.1) is 0 Å². The summed E-state index contributed by atoms with van der Waals surface area (Å²) in [5, 5.41) is 2.98. The molecule has 1 heterocycles. The Bertz CT molecular complexity index is 402. The number of nitrogens with one attached hydrogen (secondary N) is 1. The van der Waals surface area contributed by atoms with Gasteiger partial charge < -0.3 is 16.0 Å². The minimum atomic E-state index is 0.0346. The molecular formula is C15H24N4O. The fourth-order valence-electron chi connectivity index (χ4n) is 2.37. The molecule has 20 heavy (non-hydrogen) atoms. The van der Waals surface area contributed by atoms with E-state index in [1.54, 1.807) is 0 Å².